The quantitative estimate of drug-likeness (QED) is 0.349. The molecule has 1 aliphatic heterocycles. The smallest absolute Gasteiger partial charge is 0.171 e. The Kier molecular flexibility index (Phi) is 7.86. The molecule has 3 aromatic carbocycles. The van der Waals surface area contributed by atoms with E-state index >= 15 is 0 Å². The molecule has 2 nitrogen and oxygen atoms in total. The Labute approximate surface area is 192 Å². The molecule has 1 heterocycles. The largest absolute Gasteiger partial charge is 1.00 e. The number of ether oxygens (including phenoxy) is 2. The minimum absolute atomic E-state index is 0. The van der Waals surface area contributed by atoms with Gasteiger partial charge in [0, 0.05) is 6.42 Å². The third-order valence-electron chi connectivity index (χ3n) is 5.77. The first-order valence-corrected chi connectivity index (χ1v) is 12.1. The van der Waals surface area contributed by atoms with Crippen molar-refractivity contribution in [3.05, 3.63) is 91.0 Å². The Hall–Kier alpha value is -1.26. The van der Waals surface area contributed by atoms with Gasteiger partial charge in [0.15, 0.2) is 5.79 Å². The van der Waals surface area contributed by atoms with Crippen LogP contribution in [-0.2, 0) is 9.47 Å². The van der Waals surface area contributed by atoms with E-state index in [0.717, 1.165) is 19.0 Å². The first-order chi connectivity index (χ1) is 13.8. The van der Waals surface area contributed by atoms with Crippen molar-refractivity contribution in [3.63, 3.8) is 0 Å². The Morgan fingerprint density at radius 3 is 1.41 bits per heavy atom. The van der Waals surface area contributed by atoms with Crippen LogP contribution in [0.5, 0.6) is 0 Å². The van der Waals surface area contributed by atoms with Gasteiger partial charge >= 0.3 is 0 Å². The van der Waals surface area contributed by atoms with Crippen LogP contribution in [0.15, 0.2) is 91.0 Å². The maximum atomic E-state index is 6.09. The summed E-state index contributed by atoms with van der Waals surface area (Å²) in [6.07, 6.45) is 2.81. The van der Waals surface area contributed by atoms with Crippen LogP contribution in [0.25, 0.3) is 0 Å². The van der Waals surface area contributed by atoms with Gasteiger partial charge in [0.25, 0.3) is 0 Å². The van der Waals surface area contributed by atoms with E-state index in [1.54, 1.807) is 0 Å². The van der Waals surface area contributed by atoms with E-state index in [4.69, 9.17) is 9.47 Å². The van der Waals surface area contributed by atoms with Crippen LogP contribution in [0.2, 0.25) is 0 Å². The third-order valence-corrected chi connectivity index (χ3v) is 10.2. The molecule has 0 aliphatic carbocycles. The lowest BCUT2D eigenvalue weighted by Crippen LogP contribution is -3.00. The fourth-order valence-electron chi connectivity index (χ4n) is 4.24. The number of hydrogen-bond acceptors (Lipinski definition) is 2. The average Bonchev–Trinajstić information content (AvgIpc) is 3.26. The van der Waals surface area contributed by atoms with Gasteiger partial charge in [-0.1, -0.05) is 61.5 Å². The monoisotopic (exact) mass is 518 g/mol. The standard InChI is InChI=1S/C25H28O2P.HI/c1-2-25(26-19-20-27-25)18-21-28(22-12-6-3-7-13-22,23-14-8-4-9-15-23)24-16-10-5-11-17-24;/h3-17H,2,18-21H2,1H3;1H/q+1;/p-1. The lowest BCUT2D eigenvalue weighted by Gasteiger charge is -2.32. The van der Waals surface area contributed by atoms with Crippen LogP contribution < -0.4 is 39.9 Å². The summed E-state index contributed by atoms with van der Waals surface area (Å²) in [6, 6.07) is 33.0. The number of hydrogen-bond donors (Lipinski definition) is 0. The van der Waals surface area contributed by atoms with Crippen molar-refractivity contribution in [2.45, 2.75) is 25.6 Å². The Morgan fingerprint density at radius 2 is 1.07 bits per heavy atom. The fourth-order valence-corrected chi connectivity index (χ4v) is 8.63. The van der Waals surface area contributed by atoms with E-state index in [1.165, 1.54) is 15.9 Å². The zero-order valence-electron chi connectivity index (χ0n) is 16.8. The second kappa shape index (κ2) is 10.2. The summed E-state index contributed by atoms with van der Waals surface area (Å²) < 4.78 is 12.2. The topological polar surface area (TPSA) is 18.5 Å². The molecule has 3 aromatic rings. The van der Waals surface area contributed by atoms with Crippen molar-refractivity contribution in [2.24, 2.45) is 0 Å². The van der Waals surface area contributed by atoms with Crippen LogP contribution >= 0.6 is 7.26 Å². The Bertz CT molecular complexity index is 768. The van der Waals surface area contributed by atoms with Gasteiger partial charge in [-0.2, -0.15) is 0 Å². The number of benzene rings is 3. The van der Waals surface area contributed by atoms with Crippen LogP contribution in [0.1, 0.15) is 19.8 Å². The molecule has 0 aromatic heterocycles. The maximum absolute atomic E-state index is 6.09. The van der Waals surface area contributed by atoms with Gasteiger partial charge in [-0.3, -0.25) is 0 Å². The van der Waals surface area contributed by atoms with E-state index < -0.39 is 13.0 Å². The van der Waals surface area contributed by atoms with Crippen molar-refractivity contribution >= 4 is 23.2 Å². The van der Waals surface area contributed by atoms with Crippen molar-refractivity contribution in [1.29, 1.82) is 0 Å². The zero-order valence-corrected chi connectivity index (χ0v) is 19.9. The third kappa shape index (κ3) is 4.59. The second-order valence-electron chi connectivity index (χ2n) is 7.25. The molecule has 1 aliphatic rings. The minimum atomic E-state index is -1.82. The summed E-state index contributed by atoms with van der Waals surface area (Å²) >= 11 is 0. The first kappa shape index (κ1) is 22.4. The molecule has 29 heavy (non-hydrogen) atoms. The molecule has 4 rings (SSSR count). The van der Waals surface area contributed by atoms with Crippen molar-refractivity contribution in [1.82, 2.24) is 0 Å². The van der Waals surface area contributed by atoms with Gasteiger partial charge in [-0.05, 0) is 42.8 Å². The summed E-state index contributed by atoms with van der Waals surface area (Å²) in [6.45, 7) is 3.56. The lowest BCUT2D eigenvalue weighted by atomic mass is 10.1. The van der Waals surface area contributed by atoms with Crippen LogP contribution in [-0.4, -0.2) is 25.2 Å². The highest BCUT2D eigenvalue weighted by Crippen LogP contribution is 2.56. The molecule has 0 unspecified atom stereocenters. The SMILES string of the molecule is CCC1(CC[P+](c2ccccc2)(c2ccccc2)c2ccccc2)OCCO1.[I-]. The lowest BCUT2D eigenvalue weighted by molar-refractivity contribution is -0.159. The Morgan fingerprint density at radius 1 is 0.690 bits per heavy atom. The van der Waals surface area contributed by atoms with Gasteiger partial charge < -0.3 is 33.5 Å². The highest BCUT2D eigenvalue weighted by atomic mass is 127. The summed E-state index contributed by atoms with van der Waals surface area (Å²) in [4.78, 5) is 0. The first-order valence-electron chi connectivity index (χ1n) is 10.1. The predicted octanol–water partition coefficient (Wildman–Crippen LogP) is 1.53. The van der Waals surface area contributed by atoms with Gasteiger partial charge in [0.1, 0.15) is 23.2 Å². The highest BCUT2D eigenvalue weighted by Gasteiger charge is 2.48. The normalized spacial score (nSPS) is 15.6. The van der Waals surface area contributed by atoms with Crippen LogP contribution in [0.4, 0.5) is 0 Å². The van der Waals surface area contributed by atoms with Crippen LogP contribution in [0, 0.1) is 0 Å². The van der Waals surface area contributed by atoms with Crippen LogP contribution in [0.3, 0.4) is 0 Å². The van der Waals surface area contributed by atoms with E-state index in [2.05, 4.69) is 97.9 Å². The van der Waals surface area contributed by atoms with Crippen molar-refractivity contribution in [3.8, 4) is 0 Å². The molecule has 0 N–H and O–H groups in total. The highest BCUT2D eigenvalue weighted by molar-refractivity contribution is 7.95. The molecule has 0 radical (unpaired) electrons. The predicted molar refractivity (Wildman–Crippen MR) is 120 cm³/mol. The molecule has 0 amide bonds. The fraction of sp³-hybridized carbons (Fsp3) is 0.280. The molecule has 0 saturated carbocycles. The van der Waals surface area contributed by atoms with E-state index in [1.807, 2.05) is 0 Å². The van der Waals surface area contributed by atoms with Crippen molar-refractivity contribution < 1.29 is 33.5 Å². The molecule has 0 spiro atoms. The molecule has 0 bridgehead atoms. The second-order valence-corrected chi connectivity index (χ2v) is 10.9. The van der Waals surface area contributed by atoms with Gasteiger partial charge in [0.05, 0.1) is 19.4 Å². The maximum Gasteiger partial charge on any atom is 0.171 e. The van der Waals surface area contributed by atoms with E-state index in [9.17, 15) is 0 Å². The van der Waals surface area contributed by atoms with Gasteiger partial charge in [-0.25, -0.2) is 0 Å². The van der Waals surface area contributed by atoms with Crippen molar-refractivity contribution in [2.75, 3.05) is 19.4 Å². The zero-order chi connectivity index (χ0) is 19.3. The number of halogens is 1. The summed E-state index contributed by atoms with van der Waals surface area (Å²) in [7, 11) is -1.82. The summed E-state index contributed by atoms with van der Waals surface area (Å²) in [5.41, 5.74) is 0. The molecule has 1 saturated heterocycles. The molecular weight excluding hydrogens is 490 g/mol. The van der Waals surface area contributed by atoms with Gasteiger partial charge in [0.2, 0.25) is 0 Å². The molecule has 152 valence electrons. The molecule has 4 heteroatoms. The molecule has 1 fully saturated rings. The van der Waals surface area contributed by atoms with Gasteiger partial charge in [-0.15, -0.1) is 0 Å². The average molecular weight is 518 g/mol. The summed E-state index contributed by atoms with van der Waals surface area (Å²) in [5.74, 6) is -0.441. The van der Waals surface area contributed by atoms with E-state index in [-0.39, 0.29) is 24.0 Å². The molecule has 0 atom stereocenters. The summed E-state index contributed by atoms with van der Waals surface area (Å²) in [5, 5.41) is 4.24. The molecular formula is C25H28IO2P. The minimum Gasteiger partial charge on any atom is -1.00 e. The van der Waals surface area contributed by atoms with E-state index in [0.29, 0.717) is 13.2 Å². The number of rotatable bonds is 7. The Balaban J connectivity index is 0.00000240.